The summed E-state index contributed by atoms with van der Waals surface area (Å²) in [5.74, 6) is 1.89. The van der Waals surface area contributed by atoms with Gasteiger partial charge in [-0.25, -0.2) is 0 Å². The molecule has 2 unspecified atom stereocenters. The number of fused-ring (bicyclic) bond motifs is 2. The van der Waals surface area contributed by atoms with E-state index >= 15 is 0 Å². The molecule has 2 saturated heterocycles. The van der Waals surface area contributed by atoms with Gasteiger partial charge in [-0.1, -0.05) is 44.2 Å². The number of phenolic OH excluding ortho intramolecular Hbond substituents is 1. The van der Waals surface area contributed by atoms with Crippen LogP contribution in [0.5, 0.6) is 5.75 Å². The van der Waals surface area contributed by atoms with E-state index in [1.165, 1.54) is 69.8 Å². The molecule has 1 aromatic rings. The zero-order chi connectivity index (χ0) is 17.2. The highest BCUT2D eigenvalue weighted by Gasteiger charge is 2.41. The predicted molar refractivity (Wildman–Crippen MR) is 103 cm³/mol. The molecular weight excluding hydrogens is 308 g/mol. The molecule has 3 aliphatic rings. The van der Waals surface area contributed by atoms with Gasteiger partial charge in [0.15, 0.2) is 0 Å². The Labute approximate surface area is 152 Å². The number of piperidine rings is 1. The van der Waals surface area contributed by atoms with E-state index < -0.39 is 0 Å². The van der Waals surface area contributed by atoms with Gasteiger partial charge in [0.1, 0.15) is 5.75 Å². The highest BCUT2D eigenvalue weighted by molar-refractivity contribution is 5.30. The molecule has 0 radical (unpaired) electrons. The zero-order valence-corrected chi connectivity index (χ0v) is 15.4. The molecule has 3 nitrogen and oxygen atoms in total. The molecule has 1 aromatic carbocycles. The number of nitrogens with two attached hydrogens (primary N) is 1. The van der Waals surface area contributed by atoms with Gasteiger partial charge in [-0.05, 0) is 61.6 Å². The van der Waals surface area contributed by atoms with Gasteiger partial charge in [-0.2, -0.15) is 0 Å². The minimum Gasteiger partial charge on any atom is -0.508 e. The molecule has 3 N–H and O–H groups in total. The number of hydrogen-bond acceptors (Lipinski definition) is 3. The maximum atomic E-state index is 9.79. The first kappa shape index (κ1) is 17.4. The van der Waals surface area contributed by atoms with E-state index in [0.29, 0.717) is 29.8 Å². The van der Waals surface area contributed by atoms with Gasteiger partial charge >= 0.3 is 0 Å². The monoisotopic (exact) mass is 342 g/mol. The smallest absolute Gasteiger partial charge is 0.115 e. The lowest BCUT2D eigenvalue weighted by Crippen LogP contribution is -2.48. The Kier molecular flexibility index (Phi) is 5.33. The van der Waals surface area contributed by atoms with Crippen LogP contribution in [-0.2, 0) is 0 Å². The second kappa shape index (κ2) is 7.67. The molecule has 1 aliphatic carbocycles. The Bertz CT molecular complexity index is 555. The molecule has 138 valence electrons. The first-order chi connectivity index (χ1) is 12.2. The van der Waals surface area contributed by atoms with Crippen LogP contribution < -0.4 is 5.73 Å². The van der Waals surface area contributed by atoms with Gasteiger partial charge < -0.3 is 10.8 Å². The van der Waals surface area contributed by atoms with Crippen molar-refractivity contribution < 1.29 is 5.11 Å². The first-order valence-electron chi connectivity index (χ1n) is 10.5. The van der Waals surface area contributed by atoms with Crippen LogP contribution in [0.3, 0.4) is 0 Å². The predicted octanol–water partition coefficient (Wildman–Crippen LogP) is 4.40. The summed E-state index contributed by atoms with van der Waals surface area (Å²) in [5.41, 5.74) is 7.90. The number of phenols is 1. The average Bonchev–Trinajstić information content (AvgIpc) is 2.84. The molecule has 0 amide bonds. The van der Waals surface area contributed by atoms with Crippen molar-refractivity contribution in [2.75, 3.05) is 6.54 Å². The minimum atomic E-state index is 0.350. The molecule has 2 heterocycles. The van der Waals surface area contributed by atoms with Crippen molar-refractivity contribution in [3.05, 3.63) is 29.8 Å². The number of benzene rings is 1. The summed E-state index contributed by atoms with van der Waals surface area (Å²) in [5, 5.41) is 9.79. The summed E-state index contributed by atoms with van der Waals surface area (Å²) in [6.45, 7) is 1.10. The van der Waals surface area contributed by atoms with Crippen molar-refractivity contribution in [1.82, 2.24) is 4.90 Å². The van der Waals surface area contributed by atoms with E-state index in [0.717, 1.165) is 12.5 Å². The maximum Gasteiger partial charge on any atom is 0.115 e. The Balaban J connectivity index is 1.34. The Hall–Kier alpha value is -1.06. The third-order valence-corrected chi connectivity index (χ3v) is 7.03. The van der Waals surface area contributed by atoms with Crippen LogP contribution in [0.2, 0.25) is 0 Å². The summed E-state index contributed by atoms with van der Waals surface area (Å²) < 4.78 is 0. The fourth-order valence-electron chi connectivity index (χ4n) is 5.82. The average molecular weight is 343 g/mol. The van der Waals surface area contributed by atoms with Gasteiger partial charge in [0.25, 0.3) is 0 Å². The molecule has 0 spiro atoms. The Morgan fingerprint density at radius 1 is 1.04 bits per heavy atom. The fourth-order valence-corrected chi connectivity index (χ4v) is 5.82. The van der Waals surface area contributed by atoms with Gasteiger partial charge in [-0.15, -0.1) is 0 Å². The van der Waals surface area contributed by atoms with Gasteiger partial charge in [0.2, 0.25) is 0 Å². The fraction of sp³-hybridized carbons (Fsp3) is 0.727. The Morgan fingerprint density at radius 2 is 1.76 bits per heavy atom. The van der Waals surface area contributed by atoms with Crippen molar-refractivity contribution in [3.8, 4) is 5.75 Å². The normalized spacial score (nSPS) is 32.0. The van der Waals surface area contributed by atoms with Crippen LogP contribution in [0, 0.1) is 5.92 Å². The second-order valence-electron chi connectivity index (χ2n) is 8.84. The van der Waals surface area contributed by atoms with Crippen LogP contribution in [0.4, 0.5) is 0 Å². The quantitative estimate of drug-likeness (QED) is 0.834. The van der Waals surface area contributed by atoms with Crippen LogP contribution in [-0.4, -0.2) is 34.7 Å². The SMILES string of the molecule is NC(CC1CCCCC1)CN1[C@@H]2CC[C@H]1CC(c1cccc(O)c1)C2. The third kappa shape index (κ3) is 4.03. The zero-order valence-electron chi connectivity index (χ0n) is 15.4. The van der Waals surface area contributed by atoms with Crippen molar-refractivity contribution in [3.63, 3.8) is 0 Å². The van der Waals surface area contributed by atoms with Gasteiger partial charge in [0.05, 0.1) is 0 Å². The third-order valence-electron chi connectivity index (χ3n) is 7.03. The highest BCUT2D eigenvalue weighted by Crippen LogP contribution is 2.43. The summed E-state index contributed by atoms with van der Waals surface area (Å²) in [4.78, 5) is 2.74. The van der Waals surface area contributed by atoms with Crippen LogP contribution in [0.25, 0.3) is 0 Å². The molecule has 25 heavy (non-hydrogen) atoms. The lowest BCUT2D eigenvalue weighted by molar-refractivity contribution is 0.113. The summed E-state index contributed by atoms with van der Waals surface area (Å²) in [6.07, 6.45) is 13.4. The van der Waals surface area contributed by atoms with Crippen molar-refractivity contribution in [2.45, 2.75) is 88.3 Å². The van der Waals surface area contributed by atoms with E-state index in [1.54, 1.807) is 6.07 Å². The molecule has 2 aliphatic heterocycles. The van der Waals surface area contributed by atoms with Crippen LogP contribution in [0.15, 0.2) is 24.3 Å². The summed E-state index contributed by atoms with van der Waals surface area (Å²) >= 11 is 0. The van der Waals surface area contributed by atoms with E-state index in [1.807, 2.05) is 12.1 Å². The van der Waals surface area contributed by atoms with Crippen LogP contribution >= 0.6 is 0 Å². The number of nitrogens with zero attached hydrogens (tertiary/aromatic N) is 1. The molecular formula is C22H34N2O. The molecule has 3 fully saturated rings. The number of hydrogen-bond donors (Lipinski definition) is 2. The maximum absolute atomic E-state index is 9.79. The van der Waals surface area contributed by atoms with Gasteiger partial charge in [-0.3, -0.25) is 4.90 Å². The first-order valence-corrected chi connectivity index (χ1v) is 10.5. The second-order valence-corrected chi connectivity index (χ2v) is 8.84. The van der Waals surface area contributed by atoms with E-state index in [-0.39, 0.29) is 0 Å². The van der Waals surface area contributed by atoms with Crippen molar-refractivity contribution in [2.24, 2.45) is 11.7 Å². The van der Waals surface area contributed by atoms with Crippen molar-refractivity contribution >= 4 is 0 Å². The molecule has 0 aromatic heterocycles. The van der Waals surface area contributed by atoms with E-state index in [2.05, 4.69) is 11.0 Å². The molecule has 4 atom stereocenters. The van der Waals surface area contributed by atoms with Gasteiger partial charge in [0, 0.05) is 24.7 Å². The lowest BCUT2D eigenvalue weighted by atomic mass is 9.83. The standard InChI is InChI=1S/C22H34N2O/c23-19(11-16-5-2-1-3-6-16)15-24-20-9-10-21(24)13-18(12-20)17-7-4-8-22(25)14-17/h4,7-8,14,16,18-21,25H,1-3,5-6,9-13,15,23H2/t18?,19?,20-,21+. The molecule has 2 bridgehead atoms. The minimum absolute atomic E-state index is 0.350. The Morgan fingerprint density at radius 3 is 2.44 bits per heavy atom. The molecule has 4 rings (SSSR count). The summed E-state index contributed by atoms with van der Waals surface area (Å²) in [7, 11) is 0. The largest absolute Gasteiger partial charge is 0.508 e. The lowest BCUT2D eigenvalue weighted by Gasteiger charge is -2.41. The molecule has 1 saturated carbocycles. The highest BCUT2D eigenvalue weighted by atomic mass is 16.3. The van der Waals surface area contributed by atoms with E-state index in [4.69, 9.17) is 5.73 Å². The summed E-state index contributed by atoms with van der Waals surface area (Å²) in [6, 6.07) is 9.66. The van der Waals surface area contributed by atoms with Crippen molar-refractivity contribution in [1.29, 1.82) is 0 Å². The molecule has 3 heteroatoms. The van der Waals surface area contributed by atoms with E-state index in [9.17, 15) is 5.11 Å². The number of rotatable bonds is 5. The van der Waals surface area contributed by atoms with Crippen LogP contribution in [0.1, 0.15) is 75.7 Å². The topological polar surface area (TPSA) is 49.5 Å². The number of aromatic hydroxyl groups is 1.